The van der Waals surface area contributed by atoms with Gasteiger partial charge >= 0.3 is 0 Å². The minimum absolute atomic E-state index is 0.108. The molecule has 28 heavy (non-hydrogen) atoms. The number of hydrogen-bond donors (Lipinski definition) is 3. The molecule has 3 heterocycles. The average molecular weight is 401 g/mol. The van der Waals surface area contributed by atoms with Crippen LogP contribution in [0.25, 0.3) is 0 Å². The van der Waals surface area contributed by atoms with Gasteiger partial charge in [-0.25, -0.2) is 4.98 Å². The fourth-order valence-electron chi connectivity index (χ4n) is 3.41. The monoisotopic (exact) mass is 400 g/mol. The molecule has 1 fully saturated rings. The molecule has 1 unspecified atom stereocenters. The highest BCUT2D eigenvalue weighted by Crippen LogP contribution is 2.24. The molecule has 0 radical (unpaired) electrons. The number of piperidine rings is 1. The maximum Gasteiger partial charge on any atom is 0.222 e. The lowest BCUT2D eigenvalue weighted by Crippen LogP contribution is -2.42. The first-order valence-electron chi connectivity index (χ1n) is 9.62. The summed E-state index contributed by atoms with van der Waals surface area (Å²) in [6.07, 6.45) is 4.57. The summed E-state index contributed by atoms with van der Waals surface area (Å²) in [5.74, 6) is 1.34. The number of carbonyl (C=O) groups is 1. The Hall–Kier alpha value is -2.61. The van der Waals surface area contributed by atoms with Crippen LogP contribution in [0.3, 0.4) is 0 Å². The highest BCUT2D eigenvalue weighted by Gasteiger charge is 2.25. The zero-order valence-electron chi connectivity index (χ0n) is 16.2. The number of amides is 1. The molecule has 8 heteroatoms. The minimum Gasteiger partial charge on any atom is -0.369 e. The van der Waals surface area contributed by atoms with Gasteiger partial charge in [0.2, 0.25) is 5.91 Å². The number of aliphatic imine (C=N–C) groups is 1. The summed E-state index contributed by atoms with van der Waals surface area (Å²) in [6, 6.07) is 8.20. The standard InChI is InChI=1S/C20H28N6OS/c1-22-20(24-10-8-17-7-4-12-28-17)25-13-15-5-2-9-23-19(15)26-11-3-6-16(14-26)18(21)27/h2,4-5,7,9,12,16H,3,6,8,10-11,13-14H2,1H3,(H2,21,27)(H2,22,24,25). The lowest BCUT2D eigenvalue weighted by molar-refractivity contribution is -0.122. The van der Waals surface area contributed by atoms with Crippen LogP contribution in [0.2, 0.25) is 0 Å². The van der Waals surface area contributed by atoms with E-state index < -0.39 is 0 Å². The molecular weight excluding hydrogens is 372 g/mol. The molecule has 0 bridgehead atoms. The first kappa shape index (κ1) is 20.1. The molecule has 1 saturated heterocycles. The molecule has 0 spiro atoms. The maximum atomic E-state index is 11.6. The number of rotatable bonds is 7. The second-order valence-corrected chi connectivity index (χ2v) is 7.89. The van der Waals surface area contributed by atoms with E-state index in [4.69, 9.17) is 5.73 Å². The fourth-order valence-corrected chi connectivity index (χ4v) is 4.12. The lowest BCUT2D eigenvalue weighted by Gasteiger charge is -2.33. The van der Waals surface area contributed by atoms with E-state index in [0.717, 1.165) is 49.7 Å². The normalized spacial score (nSPS) is 17.4. The fraction of sp³-hybridized carbons (Fsp3) is 0.450. The number of aromatic nitrogens is 1. The Balaban J connectivity index is 1.57. The van der Waals surface area contributed by atoms with E-state index in [2.05, 4.69) is 49.1 Å². The summed E-state index contributed by atoms with van der Waals surface area (Å²) in [4.78, 5) is 24.0. The number of nitrogens with one attached hydrogen (secondary N) is 2. The number of primary amides is 1. The van der Waals surface area contributed by atoms with Crippen LogP contribution in [0.1, 0.15) is 23.3 Å². The first-order valence-corrected chi connectivity index (χ1v) is 10.5. The van der Waals surface area contributed by atoms with Gasteiger partial charge in [-0.3, -0.25) is 9.79 Å². The number of hydrogen-bond acceptors (Lipinski definition) is 5. The van der Waals surface area contributed by atoms with Crippen LogP contribution in [0.5, 0.6) is 0 Å². The Kier molecular flexibility index (Phi) is 7.25. The minimum atomic E-state index is -0.226. The average Bonchev–Trinajstić information content (AvgIpc) is 3.24. The van der Waals surface area contributed by atoms with Crippen molar-refractivity contribution in [3.05, 3.63) is 46.3 Å². The van der Waals surface area contributed by atoms with Crippen molar-refractivity contribution in [1.82, 2.24) is 15.6 Å². The quantitative estimate of drug-likeness (QED) is 0.486. The van der Waals surface area contributed by atoms with Crippen molar-refractivity contribution in [2.75, 3.05) is 31.6 Å². The van der Waals surface area contributed by atoms with Crippen molar-refractivity contribution >= 4 is 29.0 Å². The zero-order chi connectivity index (χ0) is 19.8. The predicted molar refractivity (Wildman–Crippen MR) is 115 cm³/mol. The van der Waals surface area contributed by atoms with Crippen LogP contribution in [0, 0.1) is 5.92 Å². The highest BCUT2D eigenvalue weighted by molar-refractivity contribution is 7.09. The van der Waals surface area contributed by atoms with Crippen LogP contribution >= 0.6 is 11.3 Å². The summed E-state index contributed by atoms with van der Waals surface area (Å²) < 4.78 is 0. The van der Waals surface area contributed by atoms with Crippen molar-refractivity contribution in [2.45, 2.75) is 25.8 Å². The molecule has 1 atom stereocenters. The van der Waals surface area contributed by atoms with Crippen LogP contribution in [0.15, 0.2) is 40.8 Å². The summed E-state index contributed by atoms with van der Waals surface area (Å²) >= 11 is 1.77. The predicted octanol–water partition coefficient (Wildman–Crippen LogP) is 1.75. The second-order valence-electron chi connectivity index (χ2n) is 6.86. The zero-order valence-corrected chi connectivity index (χ0v) is 17.0. The molecular formula is C20H28N6OS. The molecule has 2 aromatic heterocycles. The van der Waals surface area contributed by atoms with Gasteiger partial charge in [-0.1, -0.05) is 12.1 Å². The molecule has 7 nitrogen and oxygen atoms in total. The van der Waals surface area contributed by atoms with Crippen molar-refractivity contribution in [3.63, 3.8) is 0 Å². The van der Waals surface area contributed by atoms with E-state index in [-0.39, 0.29) is 11.8 Å². The van der Waals surface area contributed by atoms with E-state index in [0.29, 0.717) is 13.1 Å². The number of guanidine groups is 1. The van der Waals surface area contributed by atoms with Crippen molar-refractivity contribution in [3.8, 4) is 0 Å². The summed E-state index contributed by atoms with van der Waals surface area (Å²) in [7, 11) is 1.77. The van der Waals surface area contributed by atoms with Gasteiger partial charge in [-0.2, -0.15) is 0 Å². The summed E-state index contributed by atoms with van der Waals surface area (Å²) in [5, 5.41) is 8.81. The smallest absolute Gasteiger partial charge is 0.222 e. The maximum absolute atomic E-state index is 11.6. The third-order valence-electron chi connectivity index (χ3n) is 4.90. The number of carbonyl (C=O) groups excluding carboxylic acids is 1. The van der Waals surface area contributed by atoms with Gasteiger partial charge in [0.05, 0.1) is 5.92 Å². The number of nitrogens with zero attached hydrogens (tertiary/aromatic N) is 3. The van der Waals surface area contributed by atoms with Crippen LogP contribution in [-0.2, 0) is 17.8 Å². The van der Waals surface area contributed by atoms with Crippen molar-refractivity contribution in [1.29, 1.82) is 0 Å². The number of anilines is 1. The third-order valence-corrected chi connectivity index (χ3v) is 5.84. The second kappa shape index (κ2) is 10.1. The highest BCUT2D eigenvalue weighted by atomic mass is 32.1. The van der Waals surface area contributed by atoms with Crippen LogP contribution in [-0.4, -0.2) is 43.5 Å². The molecule has 1 aliphatic heterocycles. The first-order chi connectivity index (χ1) is 13.7. The molecule has 3 rings (SSSR count). The van der Waals surface area contributed by atoms with Gasteiger partial charge < -0.3 is 21.3 Å². The molecule has 0 saturated carbocycles. The largest absolute Gasteiger partial charge is 0.369 e. The lowest BCUT2D eigenvalue weighted by atomic mass is 9.97. The summed E-state index contributed by atoms with van der Waals surface area (Å²) in [5.41, 5.74) is 6.60. The Morgan fingerprint density at radius 3 is 3.04 bits per heavy atom. The molecule has 0 aromatic carbocycles. The van der Waals surface area contributed by atoms with E-state index >= 15 is 0 Å². The molecule has 4 N–H and O–H groups in total. The molecule has 150 valence electrons. The Morgan fingerprint density at radius 2 is 2.29 bits per heavy atom. The van der Waals surface area contributed by atoms with Gasteiger partial charge in [-0.15, -0.1) is 11.3 Å². The summed E-state index contributed by atoms with van der Waals surface area (Å²) in [6.45, 7) is 2.96. The molecule has 0 aliphatic carbocycles. The van der Waals surface area contributed by atoms with Crippen LogP contribution in [0.4, 0.5) is 5.82 Å². The Morgan fingerprint density at radius 1 is 1.39 bits per heavy atom. The molecule has 2 aromatic rings. The van der Waals surface area contributed by atoms with Gasteiger partial charge in [0.15, 0.2) is 5.96 Å². The third kappa shape index (κ3) is 5.45. The van der Waals surface area contributed by atoms with Crippen LogP contribution < -0.4 is 21.3 Å². The van der Waals surface area contributed by atoms with E-state index in [1.54, 1.807) is 24.6 Å². The van der Waals surface area contributed by atoms with Gasteiger partial charge in [0.1, 0.15) is 5.82 Å². The van der Waals surface area contributed by atoms with Gasteiger partial charge in [0.25, 0.3) is 0 Å². The van der Waals surface area contributed by atoms with Gasteiger partial charge in [0, 0.05) is 49.9 Å². The van der Waals surface area contributed by atoms with Crippen molar-refractivity contribution in [2.24, 2.45) is 16.6 Å². The molecule has 1 amide bonds. The number of thiophene rings is 1. The van der Waals surface area contributed by atoms with E-state index in [1.807, 2.05) is 6.07 Å². The number of pyridine rings is 1. The molecule has 1 aliphatic rings. The van der Waals surface area contributed by atoms with Crippen molar-refractivity contribution < 1.29 is 4.79 Å². The van der Waals surface area contributed by atoms with E-state index in [9.17, 15) is 4.79 Å². The van der Waals surface area contributed by atoms with E-state index in [1.165, 1.54) is 4.88 Å². The topological polar surface area (TPSA) is 95.6 Å². The SMILES string of the molecule is CN=C(NCCc1cccs1)NCc1cccnc1N1CCCC(C(N)=O)C1. The number of nitrogens with two attached hydrogens (primary N) is 1. The Labute approximate surface area is 170 Å². The van der Waals surface area contributed by atoms with Gasteiger partial charge in [-0.05, 0) is 36.8 Å². The Bertz CT molecular complexity index is 792.